The van der Waals surface area contributed by atoms with Gasteiger partial charge in [0.2, 0.25) is 5.91 Å². The van der Waals surface area contributed by atoms with Crippen LogP contribution >= 0.6 is 11.6 Å². The summed E-state index contributed by atoms with van der Waals surface area (Å²) in [5, 5.41) is 2.75. The Morgan fingerprint density at radius 2 is 2.50 bits per heavy atom. The van der Waals surface area contributed by atoms with Crippen LogP contribution in [0.3, 0.4) is 0 Å². The van der Waals surface area contributed by atoms with E-state index in [2.05, 4.69) is 17.1 Å². The molecule has 1 fully saturated rings. The molecule has 0 bridgehead atoms. The van der Waals surface area contributed by atoms with Gasteiger partial charge in [0.1, 0.15) is 5.88 Å². The molecule has 1 unspecified atom stereocenters. The van der Waals surface area contributed by atoms with Crippen molar-refractivity contribution in [3.05, 3.63) is 0 Å². The monoisotopic (exact) mass is 220 g/mol. The van der Waals surface area contributed by atoms with Crippen LogP contribution < -0.4 is 5.32 Å². The number of hydrogen-bond donors (Lipinski definition) is 1. The Kier molecular flexibility index (Phi) is 5.22. The SMILES string of the molecule is CC1COCCN1CCNC(=O)CCl. The minimum absolute atomic E-state index is 0.0403. The molecule has 1 rings (SSSR count). The van der Waals surface area contributed by atoms with Gasteiger partial charge in [-0.2, -0.15) is 0 Å². The number of carbonyl (C=O) groups is 1. The molecule has 1 amide bonds. The van der Waals surface area contributed by atoms with Gasteiger partial charge < -0.3 is 10.1 Å². The largest absolute Gasteiger partial charge is 0.379 e. The molecule has 5 heteroatoms. The Morgan fingerprint density at radius 1 is 1.71 bits per heavy atom. The van der Waals surface area contributed by atoms with Crippen molar-refractivity contribution in [2.75, 3.05) is 38.7 Å². The van der Waals surface area contributed by atoms with Gasteiger partial charge in [0.15, 0.2) is 0 Å². The molecule has 1 saturated heterocycles. The second-order valence-electron chi connectivity index (χ2n) is 3.44. The van der Waals surface area contributed by atoms with Crippen molar-refractivity contribution in [1.29, 1.82) is 0 Å². The first-order chi connectivity index (χ1) is 6.74. The lowest BCUT2D eigenvalue weighted by molar-refractivity contribution is -0.118. The molecule has 82 valence electrons. The third-order valence-electron chi connectivity index (χ3n) is 2.35. The first kappa shape index (κ1) is 11.8. The topological polar surface area (TPSA) is 41.6 Å². The zero-order valence-corrected chi connectivity index (χ0v) is 9.22. The highest BCUT2D eigenvalue weighted by Crippen LogP contribution is 2.04. The van der Waals surface area contributed by atoms with E-state index in [1.165, 1.54) is 0 Å². The third kappa shape index (κ3) is 3.82. The van der Waals surface area contributed by atoms with Gasteiger partial charge in [0.25, 0.3) is 0 Å². The number of carbonyl (C=O) groups excluding carboxylic acids is 1. The maximum Gasteiger partial charge on any atom is 0.234 e. The van der Waals surface area contributed by atoms with Crippen LogP contribution in [0.1, 0.15) is 6.92 Å². The summed E-state index contributed by atoms with van der Waals surface area (Å²) in [7, 11) is 0. The van der Waals surface area contributed by atoms with E-state index >= 15 is 0 Å². The quantitative estimate of drug-likeness (QED) is 0.682. The molecule has 0 radical (unpaired) electrons. The molecular weight excluding hydrogens is 204 g/mol. The smallest absolute Gasteiger partial charge is 0.234 e. The average molecular weight is 221 g/mol. The molecule has 0 aromatic rings. The molecule has 1 aliphatic heterocycles. The summed E-state index contributed by atoms with van der Waals surface area (Å²) in [6.07, 6.45) is 0. The Labute approximate surface area is 89.5 Å². The Morgan fingerprint density at radius 3 is 3.14 bits per heavy atom. The predicted octanol–water partition coefficient (Wildman–Crippen LogP) is 0.0621. The molecule has 0 aromatic carbocycles. The summed E-state index contributed by atoms with van der Waals surface area (Å²) in [5.74, 6) is -0.0638. The van der Waals surface area contributed by atoms with Crippen molar-refractivity contribution in [2.45, 2.75) is 13.0 Å². The number of halogens is 1. The van der Waals surface area contributed by atoms with Crippen LogP contribution in [0.15, 0.2) is 0 Å². The van der Waals surface area contributed by atoms with E-state index in [1.807, 2.05) is 0 Å². The lowest BCUT2D eigenvalue weighted by Gasteiger charge is -2.33. The second kappa shape index (κ2) is 6.22. The molecule has 1 atom stereocenters. The van der Waals surface area contributed by atoms with E-state index < -0.39 is 0 Å². The maximum atomic E-state index is 10.8. The fraction of sp³-hybridized carbons (Fsp3) is 0.889. The standard InChI is InChI=1S/C9H17ClN2O2/c1-8-7-14-5-4-12(8)3-2-11-9(13)6-10/h8H,2-7H2,1H3,(H,11,13). The fourth-order valence-corrected chi connectivity index (χ4v) is 1.57. The van der Waals surface area contributed by atoms with Gasteiger partial charge in [-0.25, -0.2) is 0 Å². The van der Waals surface area contributed by atoms with E-state index in [0.29, 0.717) is 12.6 Å². The number of morpholine rings is 1. The van der Waals surface area contributed by atoms with Crippen molar-refractivity contribution in [1.82, 2.24) is 10.2 Å². The van der Waals surface area contributed by atoms with Gasteiger partial charge in [-0.15, -0.1) is 11.6 Å². The van der Waals surface area contributed by atoms with Gasteiger partial charge in [-0.1, -0.05) is 0 Å². The van der Waals surface area contributed by atoms with E-state index in [0.717, 1.165) is 26.3 Å². The molecule has 0 spiro atoms. The summed E-state index contributed by atoms with van der Waals surface area (Å²) in [4.78, 5) is 13.2. The van der Waals surface area contributed by atoms with Gasteiger partial charge in [-0.3, -0.25) is 9.69 Å². The highest BCUT2D eigenvalue weighted by atomic mass is 35.5. The molecule has 0 saturated carbocycles. The van der Waals surface area contributed by atoms with Gasteiger partial charge in [-0.05, 0) is 6.92 Å². The number of nitrogens with zero attached hydrogens (tertiary/aromatic N) is 1. The first-order valence-corrected chi connectivity index (χ1v) is 5.42. The summed E-state index contributed by atoms with van der Waals surface area (Å²) in [6.45, 7) is 6.17. The second-order valence-corrected chi connectivity index (χ2v) is 3.71. The number of alkyl halides is 1. The van der Waals surface area contributed by atoms with Crippen molar-refractivity contribution in [3.8, 4) is 0 Å². The summed E-state index contributed by atoms with van der Waals surface area (Å²) < 4.78 is 5.31. The van der Waals surface area contributed by atoms with E-state index in [-0.39, 0.29) is 11.8 Å². The molecule has 1 heterocycles. The van der Waals surface area contributed by atoms with Crippen LogP contribution in [0.25, 0.3) is 0 Å². The number of rotatable bonds is 4. The summed E-state index contributed by atoms with van der Waals surface area (Å²) in [6, 6.07) is 0.441. The van der Waals surface area contributed by atoms with Crippen LogP contribution in [-0.4, -0.2) is 55.6 Å². The van der Waals surface area contributed by atoms with E-state index in [1.54, 1.807) is 0 Å². The van der Waals surface area contributed by atoms with Crippen LogP contribution in [0.5, 0.6) is 0 Å². The lowest BCUT2D eigenvalue weighted by atomic mass is 10.2. The van der Waals surface area contributed by atoms with Crippen molar-refractivity contribution >= 4 is 17.5 Å². The maximum absolute atomic E-state index is 10.8. The molecule has 4 nitrogen and oxygen atoms in total. The molecule has 0 aliphatic carbocycles. The number of hydrogen-bond acceptors (Lipinski definition) is 3. The molecular formula is C9H17ClN2O2. The van der Waals surface area contributed by atoms with Crippen molar-refractivity contribution < 1.29 is 9.53 Å². The van der Waals surface area contributed by atoms with Gasteiger partial charge >= 0.3 is 0 Å². The Hall–Kier alpha value is -0.320. The Bertz CT molecular complexity index is 190. The minimum Gasteiger partial charge on any atom is -0.379 e. The van der Waals surface area contributed by atoms with Gasteiger partial charge in [0.05, 0.1) is 13.2 Å². The van der Waals surface area contributed by atoms with Crippen molar-refractivity contribution in [3.63, 3.8) is 0 Å². The highest BCUT2D eigenvalue weighted by Gasteiger charge is 2.17. The van der Waals surface area contributed by atoms with Gasteiger partial charge in [0, 0.05) is 25.7 Å². The van der Waals surface area contributed by atoms with Crippen LogP contribution in [0, 0.1) is 0 Å². The Balaban J connectivity index is 2.13. The average Bonchev–Trinajstić information content (AvgIpc) is 2.20. The van der Waals surface area contributed by atoms with E-state index in [4.69, 9.17) is 16.3 Å². The highest BCUT2D eigenvalue weighted by molar-refractivity contribution is 6.27. The normalized spacial score (nSPS) is 23.4. The van der Waals surface area contributed by atoms with Crippen LogP contribution in [0.2, 0.25) is 0 Å². The van der Waals surface area contributed by atoms with Crippen LogP contribution in [-0.2, 0) is 9.53 Å². The first-order valence-electron chi connectivity index (χ1n) is 4.88. The number of ether oxygens (including phenoxy) is 1. The third-order valence-corrected chi connectivity index (χ3v) is 2.59. The molecule has 1 aliphatic rings. The zero-order valence-electron chi connectivity index (χ0n) is 8.46. The minimum atomic E-state index is -0.104. The fourth-order valence-electron chi connectivity index (χ4n) is 1.48. The lowest BCUT2D eigenvalue weighted by Crippen LogP contribution is -2.46. The van der Waals surface area contributed by atoms with E-state index in [9.17, 15) is 4.79 Å². The molecule has 1 N–H and O–H groups in total. The van der Waals surface area contributed by atoms with Crippen molar-refractivity contribution in [2.24, 2.45) is 0 Å². The molecule has 0 aromatic heterocycles. The van der Waals surface area contributed by atoms with Crippen LogP contribution in [0.4, 0.5) is 0 Å². The summed E-state index contributed by atoms with van der Waals surface area (Å²) >= 11 is 5.36. The summed E-state index contributed by atoms with van der Waals surface area (Å²) in [5.41, 5.74) is 0. The number of nitrogens with one attached hydrogen (secondary N) is 1. The predicted molar refractivity (Wildman–Crippen MR) is 55.6 cm³/mol. The molecule has 14 heavy (non-hydrogen) atoms. The zero-order chi connectivity index (χ0) is 10.4. The number of amides is 1.